The minimum absolute atomic E-state index is 0.0172. The van der Waals surface area contributed by atoms with E-state index in [-0.39, 0.29) is 28.1 Å². The van der Waals surface area contributed by atoms with E-state index in [1.54, 1.807) is 24.3 Å². The van der Waals surface area contributed by atoms with Gasteiger partial charge in [0.25, 0.3) is 0 Å². The molecule has 0 unspecified atom stereocenters. The van der Waals surface area contributed by atoms with Crippen LogP contribution in [0.3, 0.4) is 0 Å². The van der Waals surface area contributed by atoms with E-state index in [4.69, 9.17) is 0 Å². The molecule has 0 fully saturated rings. The van der Waals surface area contributed by atoms with Gasteiger partial charge < -0.3 is 0 Å². The summed E-state index contributed by atoms with van der Waals surface area (Å²) in [7, 11) is -3.86. The molecule has 27 heavy (non-hydrogen) atoms. The van der Waals surface area contributed by atoms with Crippen molar-refractivity contribution >= 4 is 21.8 Å². The molecular weight excluding hydrogens is 401 g/mol. The molecule has 2 N–H and O–H groups in total. The van der Waals surface area contributed by atoms with Crippen molar-refractivity contribution in [3.05, 3.63) is 60.4 Å². The van der Waals surface area contributed by atoms with E-state index in [0.29, 0.717) is 11.4 Å². The lowest BCUT2D eigenvalue weighted by molar-refractivity contribution is -0.0328. The lowest BCUT2D eigenvalue weighted by Crippen LogP contribution is -2.23. The van der Waals surface area contributed by atoms with Gasteiger partial charge in [-0.25, -0.2) is 18.1 Å². The number of hydrogen-bond donors (Lipinski definition) is 2. The van der Waals surface area contributed by atoms with Crippen LogP contribution < -0.4 is 4.72 Å². The molecule has 1 aromatic heterocycles. The Labute approximate surface area is 157 Å². The van der Waals surface area contributed by atoms with Crippen molar-refractivity contribution < 1.29 is 21.6 Å². The van der Waals surface area contributed by atoms with Gasteiger partial charge in [0.15, 0.2) is 5.82 Å². The zero-order valence-electron chi connectivity index (χ0n) is 13.6. The maximum Gasteiger partial charge on any atom is 0.446 e. The molecule has 1 heterocycles. The van der Waals surface area contributed by atoms with Crippen molar-refractivity contribution in [3.8, 4) is 11.4 Å². The van der Waals surface area contributed by atoms with Gasteiger partial charge in [0.1, 0.15) is 6.33 Å². The number of nitrogens with one attached hydrogen (secondary N) is 2. The van der Waals surface area contributed by atoms with Crippen molar-refractivity contribution in [1.29, 1.82) is 0 Å². The number of thioether (sulfide) groups is 1. The fourth-order valence-corrected chi connectivity index (χ4v) is 3.81. The standard InChI is InChI=1S/C16H13F3N4O2S2/c17-16(18,19)26-13-4-6-14(7-5-13)27(24,25)22-9-11-2-1-3-12(8-11)15-20-10-21-23-15/h1-8,10,22H,9H2,(H,20,21,23). The number of rotatable bonds is 6. The Hall–Kier alpha value is -2.37. The molecule has 3 aromatic rings. The van der Waals surface area contributed by atoms with E-state index < -0.39 is 15.5 Å². The van der Waals surface area contributed by atoms with Crippen molar-refractivity contribution in [2.45, 2.75) is 21.8 Å². The maximum absolute atomic E-state index is 12.3. The Morgan fingerprint density at radius 2 is 1.85 bits per heavy atom. The molecule has 3 rings (SSSR count). The van der Waals surface area contributed by atoms with Gasteiger partial charge in [-0.2, -0.15) is 18.3 Å². The van der Waals surface area contributed by atoms with Gasteiger partial charge in [-0.15, -0.1) is 0 Å². The monoisotopic (exact) mass is 414 g/mol. The fraction of sp³-hybridized carbons (Fsp3) is 0.125. The van der Waals surface area contributed by atoms with E-state index in [9.17, 15) is 21.6 Å². The number of aromatic nitrogens is 3. The first kappa shape index (κ1) is 19.4. The summed E-state index contributed by atoms with van der Waals surface area (Å²) < 4.78 is 64.1. The van der Waals surface area contributed by atoms with Crippen LogP contribution >= 0.6 is 11.8 Å². The number of aromatic amines is 1. The van der Waals surface area contributed by atoms with Gasteiger partial charge in [0, 0.05) is 17.0 Å². The van der Waals surface area contributed by atoms with Crippen molar-refractivity contribution in [1.82, 2.24) is 19.9 Å². The van der Waals surface area contributed by atoms with Gasteiger partial charge in [0.05, 0.1) is 4.90 Å². The van der Waals surface area contributed by atoms with Crippen LogP contribution in [-0.4, -0.2) is 29.1 Å². The highest BCUT2D eigenvalue weighted by molar-refractivity contribution is 8.00. The predicted molar refractivity (Wildman–Crippen MR) is 94.2 cm³/mol. The van der Waals surface area contributed by atoms with Crippen LogP contribution in [0.4, 0.5) is 13.2 Å². The van der Waals surface area contributed by atoms with Gasteiger partial charge in [-0.05, 0) is 47.7 Å². The lowest BCUT2D eigenvalue weighted by atomic mass is 10.1. The van der Waals surface area contributed by atoms with Crippen LogP contribution in [0.2, 0.25) is 0 Å². The lowest BCUT2D eigenvalue weighted by Gasteiger charge is -2.09. The van der Waals surface area contributed by atoms with E-state index >= 15 is 0 Å². The van der Waals surface area contributed by atoms with Crippen LogP contribution in [0.15, 0.2) is 64.6 Å². The normalized spacial score (nSPS) is 12.3. The highest BCUT2D eigenvalue weighted by atomic mass is 32.2. The first-order chi connectivity index (χ1) is 12.7. The topological polar surface area (TPSA) is 87.7 Å². The molecule has 142 valence electrons. The van der Waals surface area contributed by atoms with Crippen LogP contribution in [0.1, 0.15) is 5.56 Å². The molecule has 2 aromatic carbocycles. The van der Waals surface area contributed by atoms with E-state index in [1.165, 1.54) is 6.33 Å². The van der Waals surface area contributed by atoms with Crippen LogP contribution in [0, 0.1) is 0 Å². The highest BCUT2D eigenvalue weighted by Gasteiger charge is 2.29. The SMILES string of the molecule is O=S(=O)(NCc1cccc(-c2ncn[nH]2)c1)c1ccc(SC(F)(F)F)cc1. The third-order valence-electron chi connectivity index (χ3n) is 3.45. The summed E-state index contributed by atoms with van der Waals surface area (Å²) in [4.78, 5) is 3.84. The average Bonchev–Trinajstić information content (AvgIpc) is 3.14. The Kier molecular flexibility index (Phi) is 5.53. The van der Waals surface area contributed by atoms with Crippen molar-refractivity contribution in [3.63, 3.8) is 0 Å². The first-order valence-electron chi connectivity index (χ1n) is 7.53. The molecule has 0 amide bonds. The average molecular weight is 414 g/mol. The molecular formula is C16H13F3N4O2S2. The zero-order chi connectivity index (χ0) is 19.5. The number of hydrogen-bond acceptors (Lipinski definition) is 5. The predicted octanol–water partition coefficient (Wildman–Crippen LogP) is 3.56. The number of halogens is 3. The second-order valence-corrected chi connectivity index (χ2v) is 8.28. The second kappa shape index (κ2) is 7.71. The van der Waals surface area contributed by atoms with Crippen molar-refractivity contribution in [2.24, 2.45) is 0 Å². The molecule has 0 spiro atoms. The number of H-pyrrole nitrogens is 1. The van der Waals surface area contributed by atoms with Gasteiger partial charge >= 0.3 is 5.51 Å². The molecule has 0 aliphatic rings. The summed E-state index contributed by atoms with van der Waals surface area (Å²) in [6, 6.07) is 11.6. The summed E-state index contributed by atoms with van der Waals surface area (Å²) in [5.41, 5.74) is -2.98. The molecule has 11 heteroatoms. The highest BCUT2D eigenvalue weighted by Crippen LogP contribution is 2.36. The van der Waals surface area contributed by atoms with E-state index in [1.807, 2.05) is 0 Å². The fourth-order valence-electron chi connectivity index (χ4n) is 2.26. The first-order valence-corrected chi connectivity index (χ1v) is 9.83. The molecule has 0 atom stereocenters. The molecule has 0 saturated heterocycles. The summed E-state index contributed by atoms with van der Waals surface area (Å²) in [6.45, 7) is 0.0172. The Balaban J connectivity index is 1.69. The quantitative estimate of drug-likeness (QED) is 0.602. The van der Waals surface area contributed by atoms with Crippen LogP contribution in [0.5, 0.6) is 0 Å². The van der Waals surface area contributed by atoms with E-state index in [2.05, 4.69) is 19.9 Å². The van der Waals surface area contributed by atoms with Gasteiger partial charge in [-0.3, -0.25) is 5.10 Å². The third kappa shape index (κ3) is 5.31. The number of sulfonamides is 1. The Morgan fingerprint density at radius 1 is 1.11 bits per heavy atom. The Bertz CT molecular complexity index is 1000. The molecule has 0 aliphatic carbocycles. The summed E-state index contributed by atoms with van der Waals surface area (Å²) in [6.07, 6.45) is 1.37. The molecule has 6 nitrogen and oxygen atoms in total. The summed E-state index contributed by atoms with van der Waals surface area (Å²) in [5.74, 6) is 0.553. The molecule has 0 saturated carbocycles. The maximum atomic E-state index is 12.3. The van der Waals surface area contributed by atoms with Gasteiger partial charge in [0.2, 0.25) is 10.0 Å². The van der Waals surface area contributed by atoms with Crippen LogP contribution in [-0.2, 0) is 16.6 Å². The summed E-state index contributed by atoms with van der Waals surface area (Å²) >= 11 is -0.299. The summed E-state index contributed by atoms with van der Waals surface area (Å²) in [5, 5.41) is 6.48. The second-order valence-electron chi connectivity index (χ2n) is 5.38. The molecule has 0 bridgehead atoms. The Morgan fingerprint density at radius 3 is 2.48 bits per heavy atom. The van der Waals surface area contributed by atoms with Gasteiger partial charge in [-0.1, -0.05) is 18.2 Å². The number of nitrogens with zero attached hydrogens (tertiary/aromatic N) is 2. The van der Waals surface area contributed by atoms with Crippen LogP contribution in [0.25, 0.3) is 11.4 Å². The zero-order valence-corrected chi connectivity index (χ0v) is 15.2. The third-order valence-corrected chi connectivity index (χ3v) is 5.61. The smallest absolute Gasteiger partial charge is 0.259 e. The largest absolute Gasteiger partial charge is 0.446 e. The minimum Gasteiger partial charge on any atom is -0.259 e. The van der Waals surface area contributed by atoms with E-state index in [0.717, 1.165) is 29.8 Å². The minimum atomic E-state index is -4.42. The molecule has 0 radical (unpaired) electrons. The number of alkyl halides is 3. The van der Waals surface area contributed by atoms with Crippen molar-refractivity contribution in [2.75, 3.05) is 0 Å². The number of benzene rings is 2. The molecule has 0 aliphatic heterocycles.